The molecule has 26 heavy (non-hydrogen) atoms. The maximum absolute atomic E-state index is 12.9. The molecular formula is C16H23NO7S2. The fourth-order valence-electron chi connectivity index (χ4n) is 2.75. The maximum Gasteiger partial charge on any atom is 0.319 e. The third-order valence-corrected chi connectivity index (χ3v) is 8.13. The second-order valence-corrected chi connectivity index (χ2v) is 10.7. The van der Waals surface area contributed by atoms with Gasteiger partial charge in [0.1, 0.15) is 5.75 Å². The summed E-state index contributed by atoms with van der Waals surface area (Å²) in [6.07, 6.45) is -0.0515. The summed E-state index contributed by atoms with van der Waals surface area (Å²) in [5, 5.41) is 1.52. The number of hydrogen-bond donors (Lipinski definition) is 1. The lowest BCUT2D eigenvalue weighted by molar-refractivity contribution is -0.139. The number of carbonyl (C=O) groups is 1. The Labute approximate surface area is 153 Å². The lowest BCUT2D eigenvalue weighted by Gasteiger charge is -2.19. The van der Waals surface area contributed by atoms with Gasteiger partial charge in [-0.3, -0.25) is 4.79 Å². The zero-order chi connectivity index (χ0) is 19.5. The van der Waals surface area contributed by atoms with E-state index in [9.17, 15) is 21.6 Å². The molecule has 0 radical (unpaired) electrons. The van der Waals surface area contributed by atoms with Crippen LogP contribution in [0.2, 0.25) is 0 Å². The van der Waals surface area contributed by atoms with Crippen LogP contribution < -0.4 is 10.1 Å². The van der Waals surface area contributed by atoms with Gasteiger partial charge in [0.25, 0.3) is 0 Å². The second kappa shape index (κ2) is 7.93. The molecule has 1 aromatic rings. The van der Waals surface area contributed by atoms with Crippen molar-refractivity contribution < 1.29 is 31.1 Å². The number of rotatable bonds is 7. The van der Waals surface area contributed by atoms with Gasteiger partial charge in [-0.15, -0.1) is 0 Å². The van der Waals surface area contributed by atoms with E-state index < -0.39 is 42.7 Å². The largest absolute Gasteiger partial charge is 0.491 e. The predicted octanol–water partition coefficient (Wildman–Crippen LogP) is 0.176. The van der Waals surface area contributed by atoms with Crippen LogP contribution in [0.1, 0.15) is 13.8 Å². The van der Waals surface area contributed by atoms with Crippen LogP contribution in [0.4, 0.5) is 0 Å². The molecule has 10 heteroatoms. The van der Waals surface area contributed by atoms with Gasteiger partial charge < -0.3 is 14.8 Å². The highest BCUT2D eigenvalue weighted by Crippen LogP contribution is 2.27. The van der Waals surface area contributed by atoms with E-state index in [0.717, 1.165) is 0 Å². The number of nitrogens with one attached hydrogen (secondary N) is 1. The molecule has 0 aromatic heterocycles. The number of benzene rings is 1. The Morgan fingerprint density at radius 3 is 2.38 bits per heavy atom. The van der Waals surface area contributed by atoms with Crippen molar-refractivity contribution in [3.8, 4) is 5.75 Å². The van der Waals surface area contributed by atoms with Gasteiger partial charge >= 0.3 is 5.97 Å². The van der Waals surface area contributed by atoms with Gasteiger partial charge in [0.15, 0.2) is 19.7 Å². The first-order valence-corrected chi connectivity index (χ1v) is 11.4. The van der Waals surface area contributed by atoms with Crippen LogP contribution in [0.15, 0.2) is 29.2 Å². The van der Waals surface area contributed by atoms with Crippen LogP contribution in [0.5, 0.6) is 5.75 Å². The summed E-state index contributed by atoms with van der Waals surface area (Å²) in [6, 6.07) is 4.99. The summed E-state index contributed by atoms with van der Waals surface area (Å²) < 4.78 is 59.8. The Balaban J connectivity index is 2.25. The van der Waals surface area contributed by atoms with Crippen molar-refractivity contribution in [1.29, 1.82) is 0 Å². The molecule has 1 aliphatic rings. The number of esters is 1. The molecule has 0 amide bonds. The Morgan fingerprint density at radius 1 is 1.23 bits per heavy atom. The molecule has 1 fully saturated rings. The molecule has 2 rings (SSSR count). The molecule has 0 aliphatic carbocycles. The van der Waals surface area contributed by atoms with Gasteiger partial charge in [0.2, 0.25) is 0 Å². The minimum absolute atomic E-state index is 0.0144. The number of carbonyl (C=O) groups excluding carboxylic acids is 1. The lowest BCUT2D eigenvalue weighted by atomic mass is 10.2. The van der Waals surface area contributed by atoms with Crippen molar-refractivity contribution in [1.82, 2.24) is 5.32 Å². The molecule has 1 heterocycles. The number of ether oxygens (including phenoxy) is 2. The first-order chi connectivity index (χ1) is 12.0. The van der Waals surface area contributed by atoms with Crippen LogP contribution in [-0.4, -0.2) is 65.4 Å². The standard InChI is InChI=1S/C16H23NO7S2/c1-11(2)24-12-4-6-13(7-5-12)26(21,22)15-10-25(19,20)9-14(15)17-8-16(18)23-3/h4-7,11,14-15,17H,8-10H2,1-3H3/t14-,15-/m0/s1. The number of methoxy groups -OCH3 is 1. The molecule has 0 unspecified atom stereocenters. The minimum atomic E-state index is -3.91. The predicted molar refractivity (Wildman–Crippen MR) is 95.6 cm³/mol. The summed E-state index contributed by atoms with van der Waals surface area (Å²) in [6.45, 7) is 3.45. The average Bonchev–Trinajstić information content (AvgIpc) is 2.88. The van der Waals surface area contributed by atoms with Crippen LogP contribution in [0, 0.1) is 0 Å². The zero-order valence-corrected chi connectivity index (χ0v) is 16.5. The van der Waals surface area contributed by atoms with E-state index in [4.69, 9.17) is 4.74 Å². The Hall–Kier alpha value is -1.65. The quantitative estimate of drug-likeness (QED) is 0.639. The van der Waals surface area contributed by atoms with Gasteiger partial charge in [0, 0.05) is 6.04 Å². The summed E-state index contributed by atoms with van der Waals surface area (Å²) in [5.74, 6) is -0.903. The van der Waals surface area contributed by atoms with Gasteiger partial charge in [0.05, 0.1) is 41.4 Å². The minimum Gasteiger partial charge on any atom is -0.491 e. The number of hydrogen-bond acceptors (Lipinski definition) is 8. The SMILES string of the molecule is COC(=O)CN[C@H]1CS(=O)(=O)C[C@@H]1S(=O)(=O)c1ccc(OC(C)C)cc1. The van der Waals surface area contributed by atoms with Gasteiger partial charge in [-0.1, -0.05) is 0 Å². The molecular weight excluding hydrogens is 382 g/mol. The van der Waals surface area contributed by atoms with Gasteiger partial charge in [-0.2, -0.15) is 0 Å². The lowest BCUT2D eigenvalue weighted by Crippen LogP contribution is -2.45. The van der Waals surface area contributed by atoms with Gasteiger partial charge in [-0.05, 0) is 38.1 Å². The van der Waals surface area contributed by atoms with Crippen molar-refractivity contribution in [3.63, 3.8) is 0 Å². The van der Waals surface area contributed by atoms with Gasteiger partial charge in [-0.25, -0.2) is 16.8 Å². The highest BCUT2D eigenvalue weighted by atomic mass is 32.2. The van der Waals surface area contributed by atoms with E-state index in [1.807, 2.05) is 13.8 Å². The summed E-state index contributed by atoms with van der Waals surface area (Å²) in [5.41, 5.74) is 0. The molecule has 1 aliphatic heterocycles. The second-order valence-electron chi connectivity index (χ2n) is 6.36. The molecule has 8 nitrogen and oxygen atoms in total. The highest BCUT2D eigenvalue weighted by Gasteiger charge is 2.45. The topological polar surface area (TPSA) is 116 Å². The normalized spacial score (nSPS) is 22.3. The van der Waals surface area contributed by atoms with Crippen LogP contribution in [-0.2, 0) is 29.2 Å². The van der Waals surface area contributed by atoms with Crippen LogP contribution in [0.25, 0.3) is 0 Å². The van der Waals surface area contributed by atoms with E-state index >= 15 is 0 Å². The Kier molecular flexibility index (Phi) is 6.30. The third kappa shape index (κ3) is 4.95. The van der Waals surface area contributed by atoms with Crippen molar-refractivity contribution in [3.05, 3.63) is 24.3 Å². The summed E-state index contributed by atoms with van der Waals surface area (Å²) in [7, 11) is -6.24. The molecule has 0 saturated carbocycles. The first-order valence-electron chi connectivity index (χ1n) is 8.06. The number of sulfone groups is 2. The fourth-order valence-corrected chi connectivity index (χ4v) is 7.47. The highest BCUT2D eigenvalue weighted by molar-refractivity contribution is 7.96. The van der Waals surface area contributed by atoms with Crippen LogP contribution in [0.3, 0.4) is 0 Å². The molecule has 0 bridgehead atoms. The smallest absolute Gasteiger partial charge is 0.319 e. The molecule has 1 aromatic carbocycles. The van der Waals surface area contributed by atoms with Crippen molar-refractivity contribution >= 4 is 25.6 Å². The zero-order valence-electron chi connectivity index (χ0n) is 14.8. The molecule has 1 N–H and O–H groups in total. The average molecular weight is 405 g/mol. The van der Waals surface area contributed by atoms with Crippen molar-refractivity contribution in [2.75, 3.05) is 25.2 Å². The summed E-state index contributed by atoms with van der Waals surface area (Å²) in [4.78, 5) is 11.3. The summed E-state index contributed by atoms with van der Waals surface area (Å²) >= 11 is 0. The Morgan fingerprint density at radius 2 is 1.85 bits per heavy atom. The van der Waals surface area contributed by atoms with E-state index in [-0.39, 0.29) is 23.3 Å². The maximum atomic E-state index is 12.9. The molecule has 0 spiro atoms. The van der Waals surface area contributed by atoms with Crippen LogP contribution >= 0.6 is 0 Å². The molecule has 1 saturated heterocycles. The van der Waals surface area contributed by atoms with E-state index in [1.54, 1.807) is 0 Å². The fraction of sp³-hybridized carbons (Fsp3) is 0.562. The Bertz CT molecular complexity index is 845. The van der Waals surface area contributed by atoms with Crippen molar-refractivity contribution in [2.45, 2.75) is 36.1 Å². The van der Waals surface area contributed by atoms with E-state index in [0.29, 0.717) is 5.75 Å². The molecule has 146 valence electrons. The van der Waals surface area contributed by atoms with E-state index in [2.05, 4.69) is 10.1 Å². The third-order valence-electron chi connectivity index (χ3n) is 3.96. The van der Waals surface area contributed by atoms with Crippen molar-refractivity contribution in [2.24, 2.45) is 0 Å². The monoisotopic (exact) mass is 405 g/mol. The first kappa shape index (κ1) is 20.7. The molecule has 2 atom stereocenters. The van der Waals surface area contributed by atoms with E-state index in [1.165, 1.54) is 31.4 Å².